The zero-order chi connectivity index (χ0) is 21.3. The fourth-order valence-corrected chi connectivity index (χ4v) is 2.93. The van der Waals surface area contributed by atoms with Gasteiger partial charge in [-0.3, -0.25) is 4.90 Å². The summed E-state index contributed by atoms with van der Waals surface area (Å²) in [5, 5.41) is 15.5. The molecular weight excluding hydrogens is 384 g/mol. The third-order valence-electron chi connectivity index (χ3n) is 4.56. The van der Waals surface area contributed by atoms with Gasteiger partial charge in [-0.1, -0.05) is 45.4 Å². The maximum Gasteiger partial charge on any atom is 0.414 e. The number of hydrogen-bond acceptors (Lipinski definition) is 5. The average molecular weight is 415 g/mol. The van der Waals surface area contributed by atoms with Crippen LogP contribution in [0.25, 0.3) is 0 Å². The SMILES string of the molecule is CCN1CCN(CCOc2ccc(C(C)(C)C)cc2Cl)CC1.O=C(O)C(=O)O. The van der Waals surface area contributed by atoms with Gasteiger partial charge in [0.1, 0.15) is 12.4 Å². The van der Waals surface area contributed by atoms with Crippen molar-refractivity contribution in [2.45, 2.75) is 33.1 Å². The summed E-state index contributed by atoms with van der Waals surface area (Å²) in [6, 6.07) is 6.13. The number of carboxylic acids is 2. The number of ether oxygens (including phenoxy) is 1. The molecular formula is C20H31ClN2O5. The molecule has 7 nitrogen and oxygen atoms in total. The lowest BCUT2D eigenvalue weighted by Gasteiger charge is -2.33. The minimum atomic E-state index is -1.82. The third-order valence-corrected chi connectivity index (χ3v) is 4.85. The monoisotopic (exact) mass is 414 g/mol. The lowest BCUT2D eigenvalue weighted by Crippen LogP contribution is -2.47. The molecule has 8 heteroatoms. The first-order valence-corrected chi connectivity index (χ1v) is 9.76. The molecule has 0 spiro atoms. The Kier molecular flexibility index (Phi) is 9.72. The molecule has 28 heavy (non-hydrogen) atoms. The van der Waals surface area contributed by atoms with E-state index in [0.717, 1.165) is 45.0 Å². The Hall–Kier alpha value is -1.83. The largest absolute Gasteiger partial charge is 0.491 e. The third kappa shape index (κ3) is 8.46. The summed E-state index contributed by atoms with van der Waals surface area (Å²) < 4.78 is 5.87. The molecule has 2 rings (SSSR count). The molecule has 0 saturated carbocycles. The van der Waals surface area contributed by atoms with E-state index in [0.29, 0.717) is 11.6 Å². The zero-order valence-corrected chi connectivity index (χ0v) is 17.8. The number of benzene rings is 1. The number of piperazine rings is 1. The molecule has 1 heterocycles. The van der Waals surface area contributed by atoms with Gasteiger partial charge >= 0.3 is 11.9 Å². The fourth-order valence-electron chi connectivity index (χ4n) is 2.70. The lowest BCUT2D eigenvalue weighted by molar-refractivity contribution is -0.159. The zero-order valence-electron chi connectivity index (χ0n) is 17.1. The van der Waals surface area contributed by atoms with E-state index in [1.54, 1.807) is 0 Å². The maximum absolute atomic E-state index is 9.10. The number of halogens is 1. The second-order valence-corrected chi connectivity index (χ2v) is 8.04. The standard InChI is InChI=1S/C18H29ClN2O.C2H2O4/c1-5-20-8-10-21(11-9-20)12-13-22-17-7-6-15(14-16(17)19)18(2,3)4;3-1(4)2(5)6/h6-7,14H,5,8-13H2,1-4H3;(H,3,4)(H,5,6). The summed E-state index contributed by atoms with van der Waals surface area (Å²) in [6.45, 7) is 16.2. The van der Waals surface area contributed by atoms with Crippen LogP contribution < -0.4 is 4.74 Å². The molecule has 2 N–H and O–H groups in total. The predicted octanol–water partition coefficient (Wildman–Crippen LogP) is 2.81. The quantitative estimate of drug-likeness (QED) is 0.716. The first kappa shape index (κ1) is 24.2. The molecule has 0 unspecified atom stereocenters. The van der Waals surface area contributed by atoms with Crippen molar-refractivity contribution in [3.05, 3.63) is 28.8 Å². The van der Waals surface area contributed by atoms with Crippen molar-refractivity contribution in [3.63, 3.8) is 0 Å². The molecule has 1 aromatic carbocycles. The highest BCUT2D eigenvalue weighted by Gasteiger charge is 2.17. The smallest absolute Gasteiger partial charge is 0.414 e. The number of carbonyl (C=O) groups is 2. The van der Waals surface area contributed by atoms with Crippen molar-refractivity contribution in [3.8, 4) is 5.75 Å². The van der Waals surface area contributed by atoms with Crippen LogP contribution >= 0.6 is 11.6 Å². The summed E-state index contributed by atoms with van der Waals surface area (Å²) >= 11 is 6.35. The van der Waals surface area contributed by atoms with Crippen molar-refractivity contribution in [1.82, 2.24) is 9.80 Å². The van der Waals surface area contributed by atoms with Gasteiger partial charge < -0.3 is 19.8 Å². The van der Waals surface area contributed by atoms with Crippen LogP contribution in [-0.4, -0.2) is 77.8 Å². The molecule has 1 aliphatic rings. The number of hydrogen-bond donors (Lipinski definition) is 2. The molecule has 0 bridgehead atoms. The first-order valence-electron chi connectivity index (χ1n) is 9.38. The predicted molar refractivity (Wildman–Crippen MR) is 109 cm³/mol. The Morgan fingerprint density at radius 3 is 2.04 bits per heavy atom. The van der Waals surface area contributed by atoms with Crippen molar-refractivity contribution in [2.75, 3.05) is 45.9 Å². The highest BCUT2D eigenvalue weighted by atomic mass is 35.5. The Balaban J connectivity index is 0.000000568. The van der Waals surface area contributed by atoms with Crippen LogP contribution in [0.5, 0.6) is 5.75 Å². The maximum atomic E-state index is 9.10. The Bertz CT molecular complexity index is 640. The van der Waals surface area contributed by atoms with E-state index in [4.69, 9.17) is 36.1 Å². The molecule has 0 atom stereocenters. The van der Waals surface area contributed by atoms with Gasteiger partial charge in [0.15, 0.2) is 0 Å². The molecule has 158 valence electrons. The van der Waals surface area contributed by atoms with E-state index < -0.39 is 11.9 Å². The number of likely N-dealkylation sites (N-methyl/N-ethyl adjacent to an activating group) is 1. The van der Waals surface area contributed by atoms with E-state index in [2.05, 4.69) is 43.6 Å². The molecule has 0 aromatic heterocycles. The molecule has 1 fully saturated rings. The molecule has 1 saturated heterocycles. The van der Waals surface area contributed by atoms with Crippen LogP contribution in [0.15, 0.2) is 18.2 Å². The number of carboxylic acid groups (broad SMARTS) is 2. The van der Waals surface area contributed by atoms with Crippen molar-refractivity contribution >= 4 is 23.5 Å². The van der Waals surface area contributed by atoms with Crippen LogP contribution in [0.3, 0.4) is 0 Å². The van der Waals surface area contributed by atoms with Gasteiger partial charge in [-0.15, -0.1) is 0 Å². The van der Waals surface area contributed by atoms with Gasteiger partial charge in [0.2, 0.25) is 0 Å². The summed E-state index contributed by atoms with van der Waals surface area (Å²) in [4.78, 5) is 23.1. The van der Waals surface area contributed by atoms with Gasteiger partial charge in [0.05, 0.1) is 5.02 Å². The van der Waals surface area contributed by atoms with E-state index in [1.807, 2.05) is 12.1 Å². The van der Waals surface area contributed by atoms with E-state index in [1.165, 1.54) is 5.56 Å². The minimum Gasteiger partial charge on any atom is -0.491 e. The number of nitrogens with zero attached hydrogens (tertiary/aromatic N) is 2. The topological polar surface area (TPSA) is 90.3 Å². The minimum absolute atomic E-state index is 0.112. The van der Waals surface area contributed by atoms with Gasteiger partial charge in [0.25, 0.3) is 0 Å². The summed E-state index contributed by atoms with van der Waals surface area (Å²) in [5.41, 5.74) is 1.35. The first-order chi connectivity index (χ1) is 13.0. The normalized spacial score (nSPS) is 15.5. The molecule has 1 aromatic rings. The molecule has 0 amide bonds. The summed E-state index contributed by atoms with van der Waals surface area (Å²) in [5.74, 6) is -2.85. The molecule has 1 aliphatic heterocycles. The van der Waals surface area contributed by atoms with E-state index >= 15 is 0 Å². The summed E-state index contributed by atoms with van der Waals surface area (Å²) in [7, 11) is 0. The number of rotatable bonds is 5. The fraction of sp³-hybridized carbons (Fsp3) is 0.600. The van der Waals surface area contributed by atoms with Crippen LogP contribution in [-0.2, 0) is 15.0 Å². The summed E-state index contributed by atoms with van der Waals surface area (Å²) in [6.07, 6.45) is 0. The Labute approximate surface area is 171 Å². The molecule has 0 radical (unpaired) electrons. The van der Waals surface area contributed by atoms with Gasteiger partial charge in [0, 0.05) is 32.7 Å². The highest BCUT2D eigenvalue weighted by Crippen LogP contribution is 2.31. The van der Waals surface area contributed by atoms with Crippen LogP contribution in [0.4, 0.5) is 0 Å². The average Bonchev–Trinajstić information content (AvgIpc) is 2.63. The van der Waals surface area contributed by atoms with Gasteiger partial charge in [-0.2, -0.15) is 0 Å². The van der Waals surface area contributed by atoms with E-state index in [-0.39, 0.29) is 5.41 Å². The van der Waals surface area contributed by atoms with E-state index in [9.17, 15) is 0 Å². The Morgan fingerprint density at radius 2 is 1.61 bits per heavy atom. The van der Waals surface area contributed by atoms with Crippen LogP contribution in [0.1, 0.15) is 33.3 Å². The van der Waals surface area contributed by atoms with Crippen molar-refractivity contribution < 1.29 is 24.5 Å². The van der Waals surface area contributed by atoms with Crippen LogP contribution in [0.2, 0.25) is 5.02 Å². The van der Waals surface area contributed by atoms with Crippen molar-refractivity contribution in [2.24, 2.45) is 0 Å². The second kappa shape index (κ2) is 11.2. The van der Waals surface area contributed by atoms with Gasteiger partial charge in [-0.05, 0) is 29.7 Å². The second-order valence-electron chi connectivity index (χ2n) is 7.63. The van der Waals surface area contributed by atoms with Crippen molar-refractivity contribution in [1.29, 1.82) is 0 Å². The van der Waals surface area contributed by atoms with Crippen LogP contribution in [0, 0.1) is 0 Å². The highest BCUT2D eigenvalue weighted by molar-refractivity contribution is 6.32. The molecule has 0 aliphatic carbocycles. The number of aliphatic carboxylic acids is 2. The Morgan fingerprint density at radius 1 is 1.07 bits per heavy atom. The lowest BCUT2D eigenvalue weighted by atomic mass is 9.87. The van der Waals surface area contributed by atoms with Gasteiger partial charge in [-0.25, -0.2) is 9.59 Å².